The van der Waals surface area contributed by atoms with Gasteiger partial charge in [0.05, 0.1) is 0 Å². The van der Waals surface area contributed by atoms with E-state index in [0.717, 1.165) is 6.54 Å². The lowest BCUT2D eigenvalue weighted by Gasteiger charge is -2.43. The minimum atomic E-state index is 0.449. The van der Waals surface area contributed by atoms with Crippen LogP contribution in [0.2, 0.25) is 0 Å². The van der Waals surface area contributed by atoms with Crippen molar-refractivity contribution in [2.75, 3.05) is 13.6 Å². The molecule has 48 valence electrons. The predicted octanol–water partition coefficient (Wildman–Crippen LogP) is 0.0377. The molecule has 0 aliphatic carbocycles. The highest BCUT2D eigenvalue weighted by molar-refractivity contribution is 4.91. The van der Waals surface area contributed by atoms with Gasteiger partial charge < -0.3 is 10.6 Å². The summed E-state index contributed by atoms with van der Waals surface area (Å²) in [4.78, 5) is 2.30. The van der Waals surface area contributed by atoms with Crippen molar-refractivity contribution in [1.29, 1.82) is 0 Å². The van der Waals surface area contributed by atoms with E-state index in [1.165, 1.54) is 6.42 Å². The molecule has 1 fully saturated rings. The highest BCUT2D eigenvalue weighted by atomic mass is 15.2. The largest absolute Gasteiger partial charge is 0.325 e. The Bertz CT molecular complexity index is 74.6. The summed E-state index contributed by atoms with van der Waals surface area (Å²) in [7, 11) is 2.12. The number of likely N-dealkylation sites (tertiary alicyclic amines) is 1. The van der Waals surface area contributed by atoms with Gasteiger partial charge in [-0.3, -0.25) is 0 Å². The van der Waals surface area contributed by atoms with Gasteiger partial charge in [-0.2, -0.15) is 0 Å². The maximum Gasteiger partial charge on any atom is 0.0326 e. The highest BCUT2D eigenvalue weighted by Crippen LogP contribution is 2.15. The molecule has 0 spiro atoms. The fourth-order valence-corrected chi connectivity index (χ4v) is 1.39. The van der Waals surface area contributed by atoms with Gasteiger partial charge >= 0.3 is 0 Å². The molecule has 0 aromatic rings. The van der Waals surface area contributed by atoms with Gasteiger partial charge in [-0.15, -0.1) is 0 Å². The normalized spacial score (nSPS) is 39.4. The SMILES string of the molecule is CCC1[C@@H](N)CN1C. The Balaban J connectivity index is 2.29. The number of nitrogens with zero attached hydrogens (tertiary/aromatic N) is 1. The van der Waals surface area contributed by atoms with Crippen LogP contribution in [0.15, 0.2) is 0 Å². The molecule has 1 rings (SSSR count). The molecule has 0 aromatic heterocycles. The van der Waals surface area contributed by atoms with Crippen molar-refractivity contribution in [2.24, 2.45) is 5.73 Å². The lowest BCUT2D eigenvalue weighted by molar-refractivity contribution is 0.0913. The first kappa shape index (κ1) is 6.05. The molecule has 8 heavy (non-hydrogen) atoms. The second-order valence-electron chi connectivity index (χ2n) is 2.58. The van der Waals surface area contributed by atoms with Crippen LogP contribution >= 0.6 is 0 Å². The van der Waals surface area contributed by atoms with E-state index in [0.29, 0.717) is 12.1 Å². The topological polar surface area (TPSA) is 29.3 Å². The molecule has 1 aliphatic rings. The third kappa shape index (κ3) is 0.740. The number of hydrogen-bond donors (Lipinski definition) is 1. The summed E-state index contributed by atoms with van der Waals surface area (Å²) in [6.45, 7) is 3.26. The Labute approximate surface area is 50.7 Å². The molecule has 1 heterocycles. The van der Waals surface area contributed by atoms with E-state index in [2.05, 4.69) is 18.9 Å². The molecular weight excluding hydrogens is 100 g/mol. The summed E-state index contributed by atoms with van der Waals surface area (Å²) in [5.41, 5.74) is 5.68. The molecule has 0 saturated carbocycles. The van der Waals surface area contributed by atoms with E-state index in [1.807, 2.05) is 0 Å². The van der Waals surface area contributed by atoms with E-state index in [-0.39, 0.29) is 0 Å². The van der Waals surface area contributed by atoms with Gasteiger partial charge in [0.25, 0.3) is 0 Å². The standard InChI is InChI=1S/C6H14N2/c1-3-6-5(7)4-8(6)2/h5-6H,3-4,7H2,1-2H3/t5-,6?/m0/s1. The van der Waals surface area contributed by atoms with Crippen LogP contribution in [0.1, 0.15) is 13.3 Å². The third-order valence-corrected chi connectivity index (χ3v) is 1.98. The fourth-order valence-electron chi connectivity index (χ4n) is 1.39. The number of rotatable bonds is 1. The van der Waals surface area contributed by atoms with Gasteiger partial charge in [-0.25, -0.2) is 0 Å². The van der Waals surface area contributed by atoms with Crippen LogP contribution in [0.5, 0.6) is 0 Å². The van der Waals surface area contributed by atoms with E-state index in [9.17, 15) is 0 Å². The summed E-state index contributed by atoms with van der Waals surface area (Å²) in [5, 5.41) is 0. The Hall–Kier alpha value is -0.0800. The Kier molecular flexibility index (Phi) is 1.54. The summed E-state index contributed by atoms with van der Waals surface area (Å²) in [6.07, 6.45) is 1.19. The van der Waals surface area contributed by atoms with Gasteiger partial charge in [0.2, 0.25) is 0 Å². The quantitative estimate of drug-likeness (QED) is 0.521. The van der Waals surface area contributed by atoms with Gasteiger partial charge in [0.15, 0.2) is 0 Å². The monoisotopic (exact) mass is 114 g/mol. The minimum absolute atomic E-state index is 0.449. The van der Waals surface area contributed by atoms with E-state index in [4.69, 9.17) is 5.73 Å². The first-order valence-corrected chi connectivity index (χ1v) is 3.21. The van der Waals surface area contributed by atoms with Crippen molar-refractivity contribution in [3.63, 3.8) is 0 Å². The van der Waals surface area contributed by atoms with Crippen molar-refractivity contribution in [1.82, 2.24) is 4.90 Å². The third-order valence-electron chi connectivity index (χ3n) is 1.98. The first-order chi connectivity index (χ1) is 3.75. The number of hydrogen-bond acceptors (Lipinski definition) is 2. The van der Waals surface area contributed by atoms with Crippen molar-refractivity contribution >= 4 is 0 Å². The zero-order valence-corrected chi connectivity index (χ0v) is 5.59. The van der Waals surface area contributed by atoms with Gasteiger partial charge in [-0.1, -0.05) is 6.92 Å². The predicted molar refractivity (Wildman–Crippen MR) is 34.7 cm³/mol. The molecule has 0 bridgehead atoms. The molecule has 2 N–H and O–H groups in total. The summed E-state index contributed by atoms with van der Waals surface area (Å²) in [5.74, 6) is 0. The fraction of sp³-hybridized carbons (Fsp3) is 1.00. The van der Waals surface area contributed by atoms with Crippen LogP contribution in [0, 0.1) is 0 Å². The molecule has 1 unspecified atom stereocenters. The second kappa shape index (κ2) is 2.03. The minimum Gasteiger partial charge on any atom is -0.325 e. The van der Waals surface area contributed by atoms with Crippen LogP contribution in [0.3, 0.4) is 0 Å². The van der Waals surface area contributed by atoms with Crippen LogP contribution in [-0.4, -0.2) is 30.6 Å². The molecular formula is C6H14N2. The molecule has 2 atom stereocenters. The van der Waals surface area contributed by atoms with Gasteiger partial charge in [-0.05, 0) is 13.5 Å². The number of nitrogens with two attached hydrogens (primary N) is 1. The lowest BCUT2D eigenvalue weighted by Crippen LogP contribution is -2.61. The Morgan fingerprint density at radius 1 is 1.75 bits per heavy atom. The van der Waals surface area contributed by atoms with E-state index in [1.54, 1.807) is 0 Å². The summed E-state index contributed by atoms with van der Waals surface area (Å²) < 4.78 is 0. The zero-order valence-electron chi connectivity index (χ0n) is 5.59. The second-order valence-corrected chi connectivity index (χ2v) is 2.58. The maximum atomic E-state index is 5.68. The molecule has 1 saturated heterocycles. The molecule has 2 heteroatoms. The Morgan fingerprint density at radius 3 is 2.50 bits per heavy atom. The van der Waals surface area contributed by atoms with E-state index >= 15 is 0 Å². The molecule has 1 aliphatic heterocycles. The average molecular weight is 114 g/mol. The van der Waals surface area contributed by atoms with E-state index < -0.39 is 0 Å². The van der Waals surface area contributed by atoms with Crippen molar-refractivity contribution in [3.8, 4) is 0 Å². The molecule has 2 nitrogen and oxygen atoms in total. The van der Waals surface area contributed by atoms with Crippen molar-refractivity contribution in [3.05, 3.63) is 0 Å². The zero-order chi connectivity index (χ0) is 6.15. The van der Waals surface area contributed by atoms with Crippen LogP contribution < -0.4 is 5.73 Å². The maximum absolute atomic E-state index is 5.68. The molecule has 0 radical (unpaired) electrons. The smallest absolute Gasteiger partial charge is 0.0326 e. The lowest BCUT2D eigenvalue weighted by atomic mass is 9.96. The van der Waals surface area contributed by atoms with Crippen LogP contribution in [0.4, 0.5) is 0 Å². The van der Waals surface area contributed by atoms with Gasteiger partial charge in [0, 0.05) is 18.6 Å². The van der Waals surface area contributed by atoms with Gasteiger partial charge in [0.1, 0.15) is 0 Å². The first-order valence-electron chi connectivity index (χ1n) is 3.21. The average Bonchev–Trinajstić information content (AvgIpc) is 1.67. The Morgan fingerprint density at radius 2 is 2.38 bits per heavy atom. The highest BCUT2D eigenvalue weighted by Gasteiger charge is 2.30. The summed E-state index contributed by atoms with van der Waals surface area (Å²) in [6, 6.07) is 1.11. The molecule has 0 amide bonds. The molecule has 0 aromatic carbocycles. The summed E-state index contributed by atoms with van der Waals surface area (Å²) >= 11 is 0. The number of likely N-dealkylation sites (N-methyl/N-ethyl adjacent to an activating group) is 1. The van der Waals surface area contributed by atoms with Crippen molar-refractivity contribution in [2.45, 2.75) is 25.4 Å². The van der Waals surface area contributed by atoms with Crippen LogP contribution in [-0.2, 0) is 0 Å². The van der Waals surface area contributed by atoms with Crippen molar-refractivity contribution < 1.29 is 0 Å². The van der Waals surface area contributed by atoms with Crippen LogP contribution in [0.25, 0.3) is 0 Å².